The Morgan fingerprint density at radius 2 is 1.50 bits per heavy atom. The molecule has 0 aromatic rings. The van der Waals surface area contributed by atoms with E-state index in [2.05, 4.69) is 0 Å². The summed E-state index contributed by atoms with van der Waals surface area (Å²) in [6.07, 6.45) is -1.83. The molecule has 0 aliphatic carbocycles. The molecule has 0 aromatic heterocycles. The highest BCUT2D eigenvalue weighted by Gasteiger charge is 2.45. The molecule has 0 fully saturated rings. The van der Waals surface area contributed by atoms with Crippen molar-refractivity contribution in [2.24, 2.45) is 0 Å². The van der Waals surface area contributed by atoms with E-state index in [1.807, 2.05) is 0 Å². The van der Waals surface area contributed by atoms with Gasteiger partial charge in [0.1, 0.15) is 23.9 Å². The summed E-state index contributed by atoms with van der Waals surface area (Å²) in [5.41, 5.74) is -0.954. The van der Waals surface area contributed by atoms with E-state index in [-0.39, 0.29) is 6.61 Å². The van der Waals surface area contributed by atoms with Crippen molar-refractivity contribution in [2.75, 3.05) is 48.8 Å². The van der Waals surface area contributed by atoms with Gasteiger partial charge in [-0.2, -0.15) is 0 Å². The van der Waals surface area contributed by atoms with Crippen LogP contribution in [0.1, 0.15) is 6.92 Å². The number of aliphatic hydroxyl groups is 1. The van der Waals surface area contributed by atoms with Gasteiger partial charge in [-0.05, 0) is 6.92 Å². The molecule has 0 rings (SSSR count). The Hall–Kier alpha value is -0.240. The summed E-state index contributed by atoms with van der Waals surface area (Å²) >= 11 is 0. The van der Waals surface area contributed by atoms with Crippen LogP contribution in [0.15, 0.2) is 0 Å². The lowest BCUT2D eigenvalue weighted by atomic mass is 9.88. The zero-order chi connectivity index (χ0) is 14.2. The highest BCUT2D eigenvalue weighted by Crippen LogP contribution is 2.26. The Bertz CT molecular complexity index is 213. The minimum absolute atomic E-state index is 0.264. The second kappa shape index (κ2) is 8.79. The van der Waals surface area contributed by atoms with Crippen LogP contribution in [0.2, 0.25) is 0 Å². The van der Waals surface area contributed by atoms with Crippen LogP contribution in [0.3, 0.4) is 0 Å². The Balaban J connectivity index is 4.97. The number of hydrogen-bond donors (Lipinski definition) is 1. The molecule has 0 saturated carbocycles. The van der Waals surface area contributed by atoms with Crippen molar-refractivity contribution in [3.63, 3.8) is 0 Å². The monoisotopic (exact) mass is 266 g/mol. The first-order chi connectivity index (χ1) is 8.51. The average molecular weight is 266 g/mol. The summed E-state index contributed by atoms with van der Waals surface area (Å²) in [6, 6.07) is 0. The second-order valence-electron chi connectivity index (χ2n) is 4.24. The normalized spacial score (nSPS) is 20.2. The van der Waals surface area contributed by atoms with Gasteiger partial charge >= 0.3 is 0 Å². The van der Waals surface area contributed by atoms with E-state index in [4.69, 9.17) is 23.7 Å². The third-order valence-electron chi connectivity index (χ3n) is 3.25. The Morgan fingerprint density at radius 3 is 1.83 bits per heavy atom. The third-order valence-corrected chi connectivity index (χ3v) is 3.25. The van der Waals surface area contributed by atoms with Gasteiger partial charge in [-0.3, -0.25) is 0 Å². The molecular weight excluding hydrogens is 240 g/mol. The highest BCUT2D eigenvalue weighted by atomic mass is 16.6. The summed E-state index contributed by atoms with van der Waals surface area (Å²) in [6.45, 7) is 2.33. The van der Waals surface area contributed by atoms with Gasteiger partial charge in [0.05, 0.1) is 13.2 Å². The zero-order valence-corrected chi connectivity index (χ0v) is 12.1. The van der Waals surface area contributed by atoms with Crippen LogP contribution in [0, 0.1) is 0 Å². The first-order valence-electron chi connectivity index (χ1n) is 5.78. The molecule has 4 atom stereocenters. The maximum Gasteiger partial charge on any atom is 0.122 e. The Labute approximate surface area is 109 Å². The molecule has 1 N–H and O–H groups in total. The number of rotatable bonds is 10. The molecule has 0 heterocycles. The first-order valence-corrected chi connectivity index (χ1v) is 5.78. The highest BCUT2D eigenvalue weighted by molar-refractivity contribution is 4.95. The summed E-state index contributed by atoms with van der Waals surface area (Å²) in [5.74, 6) is 0. The minimum atomic E-state index is -0.954. The van der Waals surface area contributed by atoms with Crippen LogP contribution < -0.4 is 0 Å². The van der Waals surface area contributed by atoms with Gasteiger partial charge in [0.2, 0.25) is 0 Å². The fourth-order valence-corrected chi connectivity index (χ4v) is 1.88. The molecule has 0 saturated heterocycles. The maximum absolute atomic E-state index is 10.4. The number of ether oxygens (including phenoxy) is 5. The molecule has 6 nitrogen and oxygen atoms in total. The van der Waals surface area contributed by atoms with Crippen LogP contribution >= 0.6 is 0 Å². The van der Waals surface area contributed by atoms with Crippen molar-refractivity contribution in [3.05, 3.63) is 0 Å². The minimum Gasteiger partial charge on any atom is -0.387 e. The molecule has 0 radical (unpaired) electrons. The quantitative estimate of drug-likeness (QED) is 0.604. The molecule has 0 bridgehead atoms. The van der Waals surface area contributed by atoms with Crippen LogP contribution in [0.25, 0.3) is 0 Å². The van der Waals surface area contributed by atoms with Gasteiger partial charge in [0.15, 0.2) is 0 Å². The van der Waals surface area contributed by atoms with E-state index in [1.54, 1.807) is 28.3 Å². The lowest BCUT2D eigenvalue weighted by molar-refractivity contribution is -0.209. The van der Waals surface area contributed by atoms with Crippen molar-refractivity contribution in [1.82, 2.24) is 0 Å². The lowest BCUT2D eigenvalue weighted by Gasteiger charge is -2.41. The van der Waals surface area contributed by atoms with E-state index >= 15 is 0 Å². The Morgan fingerprint density at radius 1 is 0.944 bits per heavy atom. The predicted molar refractivity (Wildman–Crippen MR) is 66.8 cm³/mol. The summed E-state index contributed by atoms with van der Waals surface area (Å²) < 4.78 is 26.1. The molecule has 4 unspecified atom stereocenters. The number of hydrogen-bond acceptors (Lipinski definition) is 6. The number of methoxy groups -OCH3 is 5. The van der Waals surface area contributed by atoms with Gasteiger partial charge in [0.25, 0.3) is 0 Å². The van der Waals surface area contributed by atoms with Crippen molar-refractivity contribution in [3.8, 4) is 0 Å². The van der Waals surface area contributed by atoms with Gasteiger partial charge < -0.3 is 28.8 Å². The molecule has 0 amide bonds. The molecule has 18 heavy (non-hydrogen) atoms. The molecule has 6 heteroatoms. The summed E-state index contributed by atoms with van der Waals surface area (Å²) in [4.78, 5) is 0. The van der Waals surface area contributed by atoms with Gasteiger partial charge in [0, 0.05) is 35.5 Å². The van der Waals surface area contributed by atoms with Crippen molar-refractivity contribution < 1.29 is 28.8 Å². The number of aliphatic hydroxyl groups excluding tert-OH is 1. The van der Waals surface area contributed by atoms with E-state index < -0.39 is 23.9 Å². The van der Waals surface area contributed by atoms with E-state index in [1.165, 1.54) is 14.2 Å². The first kappa shape index (κ1) is 17.8. The predicted octanol–water partition coefficient (Wildman–Crippen LogP) is 0.0752. The van der Waals surface area contributed by atoms with E-state index in [9.17, 15) is 5.11 Å². The van der Waals surface area contributed by atoms with Crippen LogP contribution in [0.5, 0.6) is 0 Å². The maximum atomic E-state index is 10.4. The molecule has 0 aromatic carbocycles. The van der Waals surface area contributed by atoms with Crippen LogP contribution in [0.4, 0.5) is 0 Å². The lowest BCUT2D eigenvalue weighted by Crippen LogP contribution is -2.59. The smallest absolute Gasteiger partial charge is 0.122 e. The molecule has 0 spiro atoms. The van der Waals surface area contributed by atoms with Crippen LogP contribution in [-0.4, -0.2) is 77.8 Å². The van der Waals surface area contributed by atoms with Gasteiger partial charge in [-0.15, -0.1) is 0 Å². The van der Waals surface area contributed by atoms with Crippen molar-refractivity contribution in [1.29, 1.82) is 0 Å². The summed E-state index contributed by atoms with van der Waals surface area (Å²) in [7, 11) is 7.70. The van der Waals surface area contributed by atoms with E-state index in [0.29, 0.717) is 6.61 Å². The third kappa shape index (κ3) is 4.15. The molecule has 110 valence electrons. The largest absolute Gasteiger partial charge is 0.387 e. The topological polar surface area (TPSA) is 66.4 Å². The standard InChI is InChI=1S/C12H26O6/c1-12(18-6,10(17-5)8-15-3)11(13)9(16-4)7-14-2/h9-11,13H,7-8H2,1-6H3. The van der Waals surface area contributed by atoms with Gasteiger partial charge in [-0.1, -0.05) is 0 Å². The van der Waals surface area contributed by atoms with Crippen molar-refractivity contribution in [2.45, 2.75) is 30.8 Å². The Kier molecular flexibility index (Phi) is 8.67. The average Bonchev–Trinajstić information content (AvgIpc) is 2.40. The summed E-state index contributed by atoms with van der Waals surface area (Å²) in [5, 5.41) is 10.4. The van der Waals surface area contributed by atoms with Crippen LogP contribution in [-0.2, 0) is 23.7 Å². The molecular formula is C12H26O6. The second-order valence-corrected chi connectivity index (χ2v) is 4.24. The van der Waals surface area contributed by atoms with Gasteiger partial charge in [-0.25, -0.2) is 0 Å². The zero-order valence-electron chi connectivity index (χ0n) is 12.1. The SMILES string of the molecule is COCC(OC)C(O)C(C)(OC)C(COC)OC. The fraction of sp³-hybridized carbons (Fsp3) is 1.00. The van der Waals surface area contributed by atoms with Crippen molar-refractivity contribution >= 4 is 0 Å². The van der Waals surface area contributed by atoms with E-state index in [0.717, 1.165) is 0 Å². The molecule has 0 aliphatic heterocycles. The molecule has 0 aliphatic rings. The fourth-order valence-electron chi connectivity index (χ4n) is 1.88.